The molecule has 7 heteroatoms. The molecule has 0 bridgehead atoms. The van der Waals surface area contributed by atoms with Gasteiger partial charge in [-0.1, -0.05) is 69.9 Å². The number of unbranched alkanes of at least 4 members (excludes halogenated alkanes) is 7. The molecule has 1 aromatic rings. The van der Waals surface area contributed by atoms with Crippen molar-refractivity contribution in [2.75, 3.05) is 0 Å². The molecule has 0 spiro atoms. The van der Waals surface area contributed by atoms with E-state index in [-0.39, 0.29) is 11.9 Å². The van der Waals surface area contributed by atoms with E-state index in [4.69, 9.17) is 11.5 Å². The lowest BCUT2D eigenvalue weighted by Crippen LogP contribution is -2.66. The van der Waals surface area contributed by atoms with Crippen LogP contribution in [0.25, 0.3) is 0 Å². The standard InChI is InChI=1S/C26H50N6O/c1-5-6-7-8-9-10-11-12-14-21(2)32-20-23(30-31-32)16-17-24(33)29-26(4)19-22(27)15-13-18-25(26,3)28/h20-22H,5-19,27-28H2,1-4H3,(H,29,33). The van der Waals surface area contributed by atoms with Crippen molar-refractivity contribution in [1.82, 2.24) is 20.3 Å². The van der Waals surface area contributed by atoms with Gasteiger partial charge in [-0.25, -0.2) is 4.68 Å². The fraction of sp³-hybridized carbons (Fsp3) is 0.885. The molecule has 7 nitrogen and oxygen atoms in total. The van der Waals surface area contributed by atoms with Gasteiger partial charge in [-0.05, 0) is 46.5 Å². The molecule has 0 saturated heterocycles. The van der Waals surface area contributed by atoms with Gasteiger partial charge in [0.25, 0.3) is 0 Å². The van der Waals surface area contributed by atoms with E-state index < -0.39 is 11.1 Å². The van der Waals surface area contributed by atoms with E-state index in [0.29, 0.717) is 25.3 Å². The van der Waals surface area contributed by atoms with Crippen LogP contribution >= 0.6 is 0 Å². The zero-order valence-electron chi connectivity index (χ0n) is 21.7. The van der Waals surface area contributed by atoms with Crippen molar-refractivity contribution < 1.29 is 4.79 Å². The van der Waals surface area contributed by atoms with Gasteiger partial charge in [-0.3, -0.25) is 4.79 Å². The molecular weight excluding hydrogens is 412 g/mol. The quantitative estimate of drug-likeness (QED) is 0.272. The van der Waals surface area contributed by atoms with Crippen LogP contribution in [0.1, 0.15) is 129 Å². The van der Waals surface area contributed by atoms with Gasteiger partial charge in [-0.15, -0.1) is 5.10 Å². The number of carbonyl (C=O) groups excluding carboxylic acids is 1. The van der Waals surface area contributed by atoms with Gasteiger partial charge >= 0.3 is 0 Å². The summed E-state index contributed by atoms with van der Waals surface area (Å²) in [6.07, 6.45) is 18.3. The molecule has 0 aromatic carbocycles. The van der Waals surface area contributed by atoms with Crippen LogP contribution in [0.15, 0.2) is 6.20 Å². The lowest BCUT2D eigenvalue weighted by Gasteiger charge is -2.44. The molecule has 1 fully saturated rings. The molecule has 1 saturated carbocycles. The number of nitrogens with two attached hydrogens (primary N) is 2. The largest absolute Gasteiger partial charge is 0.349 e. The van der Waals surface area contributed by atoms with Gasteiger partial charge in [0.15, 0.2) is 0 Å². The maximum Gasteiger partial charge on any atom is 0.220 e. The summed E-state index contributed by atoms with van der Waals surface area (Å²) in [5.74, 6) is 0.00445. The average Bonchev–Trinajstić information content (AvgIpc) is 3.19. The minimum Gasteiger partial charge on any atom is -0.349 e. The van der Waals surface area contributed by atoms with Crippen molar-refractivity contribution in [3.63, 3.8) is 0 Å². The summed E-state index contributed by atoms with van der Waals surface area (Å²) in [5, 5.41) is 11.8. The van der Waals surface area contributed by atoms with Crippen LogP contribution in [0, 0.1) is 0 Å². The summed E-state index contributed by atoms with van der Waals surface area (Å²) in [5.41, 5.74) is 12.8. The highest BCUT2D eigenvalue weighted by Crippen LogP contribution is 2.33. The number of rotatable bonds is 14. The molecule has 4 atom stereocenters. The monoisotopic (exact) mass is 462 g/mol. The Labute approximate surface area is 201 Å². The van der Waals surface area contributed by atoms with Gasteiger partial charge in [0.2, 0.25) is 5.91 Å². The number of aryl methyl sites for hydroxylation is 1. The number of aromatic nitrogens is 3. The number of nitrogens with zero attached hydrogens (tertiary/aromatic N) is 3. The predicted molar refractivity (Wildman–Crippen MR) is 136 cm³/mol. The van der Waals surface area contributed by atoms with Crippen LogP contribution < -0.4 is 16.8 Å². The highest BCUT2D eigenvalue weighted by atomic mass is 16.1. The molecule has 0 aliphatic heterocycles. The second kappa shape index (κ2) is 13.4. The van der Waals surface area contributed by atoms with Crippen LogP contribution in [-0.2, 0) is 11.2 Å². The molecule has 190 valence electrons. The van der Waals surface area contributed by atoms with E-state index in [0.717, 1.165) is 31.4 Å². The van der Waals surface area contributed by atoms with E-state index in [2.05, 4.69) is 29.5 Å². The molecule has 0 radical (unpaired) electrons. The SMILES string of the molecule is CCCCCCCCCCC(C)n1cc(CCC(=O)NC2(C)CC(N)CCCC2(C)N)nn1. The third-order valence-corrected chi connectivity index (χ3v) is 7.71. The van der Waals surface area contributed by atoms with Crippen LogP contribution in [0.4, 0.5) is 0 Å². The highest BCUT2D eigenvalue weighted by molar-refractivity contribution is 5.77. The zero-order valence-corrected chi connectivity index (χ0v) is 21.7. The number of hydrogen-bond acceptors (Lipinski definition) is 5. The van der Waals surface area contributed by atoms with Gasteiger partial charge in [0.05, 0.1) is 17.3 Å². The van der Waals surface area contributed by atoms with E-state index in [1.165, 1.54) is 51.4 Å². The Balaban J connectivity index is 1.72. The number of amides is 1. The first-order valence-corrected chi connectivity index (χ1v) is 13.4. The first-order chi connectivity index (χ1) is 15.7. The Morgan fingerprint density at radius 3 is 2.58 bits per heavy atom. The highest BCUT2D eigenvalue weighted by Gasteiger charge is 2.45. The minimum atomic E-state index is -0.498. The maximum absolute atomic E-state index is 12.8. The fourth-order valence-electron chi connectivity index (χ4n) is 5.02. The van der Waals surface area contributed by atoms with Gasteiger partial charge in [0.1, 0.15) is 0 Å². The van der Waals surface area contributed by atoms with Crippen LogP contribution in [0.5, 0.6) is 0 Å². The first-order valence-electron chi connectivity index (χ1n) is 13.4. The molecule has 1 aliphatic carbocycles. The summed E-state index contributed by atoms with van der Waals surface area (Å²) in [4.78, 5) is 12.8. The Bertz CT molecular complexity index is 703. The van der Waals surface area contributed by atoms with Gasteiger partial charge in [0, 0.05) is 30.6 Å². The van der Waals surface area contributed by atoms with E-state index >= 15 is 0 Å². The van der Waals surface area contributed by atoms with Crippen molar-refractivity contribution in [3.8, 4) is 0 Å². The van der Waals surface area contributed by atoms with Crippen molar-refractivity contribution in [2.45, 2.75) is 147 Å². The minimum absolute atomic E-state index is 0.00445. The number of nitrogens with one attached hydrogen (secondary N) is 1. The Kier molecular flexibility index (Phi) is 11.3. The second-order valence-corrected chi connectivity index (χ2v) is 11.0. The average molecular weight is 463 g/mol. The molecule has 33 heavy (non-hydrogen) atoms. The Morgan fingerprint density at radius 2 is 1.88 bits per heavy atom. The predicted octanol–water partition coefficient (Wildman–Crippen LogP) is 4.80. The van der Waals surface area contributed by atoms with E-state index in [1.54, 1.807) is 0 Å². The lowest BCUT2D eigenvalue weighted by atomic mass is 9.75. The lowest BCUT2D eigenvalue weighted by molar-refractivity contribution is -0.123. The molecule has 4 unspecified atom stereocenters. The molecule has 1 heterocycles. The summed E-state index contributed by atoms with van der Waals surface area (Å²) in [6.45, 7) is 8.53. The summed E-state index contributed by atoms with van der Waals surface area (Å²) < 4.78 is 1.96. The second-order valence-electron chi connectivity index (χ2n) is 11.0. The molecular formula is C26H50N6O. The van der Waals surface area contributed by atoms with E-state index in [9.17, 15) is 4.79 Å². The number of carbonyl (C=O) groups is 1. The van der Waals surface area contributed by atoms with Crippen molar-refractivity contribution >= 4 is 5.91 Å². The van der Waals surface area contributed by atoms with Gasteiger partial charge < -0.3 is 16.8 Å². The third kappa shape index (κ3) is 9.01. The van der Waals surface area contributed by atoms with Crippen molar-refractivity contribution in [3.05, 3.63) is 11.9 Å². The Hall–Kier alpha value is -1.47. The number of hydrogen-bond donors (Lipinski definition) is 3. The summed E-state index contributed by atoms with van der Waals surface area (Å²) in [7, 11) is 0. The summed E-state index contributed by atoms with van der Waals surface area (Å²) in [6, 6.07) is 0.410. The molecule has 5 N–H and O–H groups in total. The maximum atomic E-state index is 12.8. The summed E-state index contributed by atoms with van der Waals surface area (Å²) >= 11 is 0. The smallest absolute Gasteiger partial charge is 0.220 e. The molecule has 1 aliphatic rings. The zero-order chi connectivity index (χ0) is 24.3. The van der Waals surface area contributed by atoms with Crippen molar-refractivity contribution in [2.24, 2.45) is 11.5 Å². The van der Waals surface area contributed by atoms with Crippen LogP contribution in [0.3, 0.4) is 0 Å². The topological polar surface area (TPSA) is 112 Å². The molecule has 1 amide bonds. The Morgan fingerprint density at radius 1 is 1.21 bits per heavy atom. The molecule has 2 rings (SSSR count). The normalized spacial score (nSPS) is 26.7. The van der Waals surface area contributed by atoms with Gasteiger partial charge in [-0.2, -0.15) is 0 Å². The van der Waals surface area contributed by atoms with Crippen molar-refractivity contribution in [1.29, 1.82) is 0 Å². The van der Waals surface area contributed by atoms with Crippen LogP contribution in [-0.4, -0.2) is 38.0 Å². The first kappa shape index (κ1) is 27.8. The molecule has 1 aromatic heterocycles. The third-order valence-electron chi connectivity index (χ3n) is 7.71. The van der Waals surface area contributed by atoms with E-state index in [1.807, 2.05) is 24.7 Å². The van der Waals surface area contributed by atoms with Crippen LogP contribution in [0.2, 0.25) is 0 Å². The fourth-order valence-corrected chi connectivity index (χ4v) is 5.02.